The first kappa shape index (κ1) is 18.5. The van der Waals surface area contributed by atoms with Crippen LogP contribution < -0.4 is 10.5 Å². The zero-order valence-corrected chi connectivity index (χ0v) is 15.0. The minimum absolute atomic E-state index is 0.0298. The molecule has 1 amide bonds. The monoisotopic (exact) mass is 379 g/mol. The first-order chi connectivity index (χ1) is 10.7. The highest BCUT2D eigenvalue weighted by Crippen LogP contribution is 2.33. The Hall–Kier alpha value is -0.860. The molecule has 0 aromatic heterocycles. The Morgan fingerprint density at radius 1 is 1.30 bits per heavy atom. The highest BCUT2D eigenvalue weighted by Gasteiger charge is 2.20. The molecule has 0 radical (unpaired) electrons. The number of hydrogen-bond donors (Lipinski definition) is 2. The number of amides is 1. The first-order valence-electron chi connectivity index (χ1n) is 7.21. The maximum Gasteiger partial charge on any atom is 0.238 e. The maximum atomic E-state index is 12.1. The summed E-state index contributed by atoms with van der Waals surface area (Å²) in [6, 6.07) is 2.34. The minimum atomic E-state index is -3.91. The van der Waals surface area contributed by atoms with Crippen molar-refractivity contribution < 1.29 is 13.2 Å². The van der Waals surface area contributed by atoms with Crippen LogP contribution in [0.3, 0.4) is 0 Å². The highest BCUT2D eigenvalue weighted by atomic mass is 35.5. The second-order valence-corrected chi connectivity index (χ2v) is 8.19. The van der Waals surface area contributed by atoms with Crippen molar-refractivity contribution in [2.45, 2.75) is 24.7 Å². The van der Waals surface area contributed by atoms with E-state index in [1.807, 2.05) is 0 Å². The number of benzene rings is 1. The Labute approximate surface area is 146 Å². The van der Waals surface area contributed by atoms with E-state index < -0.39 is 10.0 Å². The second kappa shape index (κ2) is 7.36. The van der Waals surface area contributed by atoms with E-state index in [0.717, 1.165) is 25.9 Å². The van der Waals surface area contributed by atoms with Crippen molar-refractivity contribution in [2.24, 2.45) is 11.1 Å². The minimum Gasteiger partial charge on any atom is -0.322 e. The maximum absolute atomic E-state index is 12.1. The fourth-order valence-electron chi connectivity index (χ4n) is 2.44. The van der Waals surface area contributed by atoms with Crippen LogP contribution in [0, 0.1) is 5.92 Å². The van der Waals surface area contributed by atoms with Gasteiger partial charge in [-0.2, -0.15) is 0 Å². The zero-order chi connectivity index (χ0) is 17.2. The number of carbonyl (C=O) groups is 1. The molecule has 1 aromatic rings. The van der Waals surface area contributed by atoms with E-state index in [0.29, 0.717) is 5.92 Å². The fraction of sp³-hybridized carbons (Fsp3) is 0.500. The van der Waals surface area contributed by atoms with E-state index in [-0.39, 0.29) is 33.1 Å². The van der Waals surface area contributed by atoms with Crippen LogP contribution in [0.15, 0.2) is 17.0 Å². The molecule has 9 heteroatoms. The summed E-state index contributed by atoms with van der Waals surface area (Å²) >= 11 is 12.0. The summed E-state index contributed by atoms with van der Waals surface area (Å²) in [4.78, 5) is 14.0. The van der Waals surface area contributed by atoms with Crippen molar-refractivity contribution in [1.29, 1.82) is 0 Å². The topological polar surface area (TPSA) is 92.5 Å². The molecule has 128 valence electrons. The summed E-state index contributed by atoms with van der Waals surface area (Å²) < 4.78 is 22.7. The highest BCUT2D eigenvalue weighted by molar-refractivity contribution is 7.89. The van der Waals surface area contributed by atoms with Gasteiger partial charge in [-0.3, -0.25) is 9.69 Å². The standard InChI is InChI=1S/C14H19Cl2N3O3S/c1-9-2-4-19(5-3-9)8-13(20)18-14-11(15)6-10(7-12(14)16)23(17,21)22/h6-7,9H,2-5,8H2,1H3,(H,18,20)(H2,17,21,22). The van der Waals surface area contributed by atoms with Crippen LogP contribution in [0.1, 0.15) is 19.8 Å². The number of piperidine rings is 1. The van der Waals surface area contributed by atoms with Gasteiger partial charge in [-0.15, -0.1) is 0 Å². The van der Waals surface area contributed by atoms with Crippen LogP contribution in [0.2, 0.25) is 10.0 Å². The van der Waals surface area contributed by atoms with Crippen molar-refractivity contribution in [3.63, 3.8) is 0 Å². The van der Waals surface area contributed by atoms with Gasteiger partial charge in [-0.1, -0.05) is 30.1 Å². The van der Waals surface area contributed by atoms with Crippen molar-refractivity contribution in [3.05, 3.63) is 22.2 Å². The quantitative estimate of drug-likeness (QED) is 0.839. The molecule has 0 atom stereocenters. The molecule has 0 saturated carbocycles. The van der Waals surface area contributed by atoms with Crippen LogP contribution in [-0.4, -0.2) is 38.9 Å². The molecule has 0 unspecified atom stereocenters. The van der Waals surface area contributed by atoms with Gasteiger partial charge in [0.2, 0.25) is 15.9 Å². The van der Waals surface area contributed by atoms with Crippen LogP contribution in [0.4, 0.5) is 5.69 Å². The Morgan fingerprint density at radius 2 is 1.83 bits per heavy atom. The van der Waals surface area contributed by atoms with Gasteiger partial charge in [0.15, 0.2) is 0 Å². The SMILES string of the molecule is CC1CCN(CC(=O)Nc2c(Cl)cc(S(N)(=O)=O)cc2Cl)CC1. The number of anilines is 1. The predicted octanol–water partition coefficient (Wildman–Crippen LogP) is 2.31. The van der Waals surface area contributed by atoms with Crippen molar-refractivity contribution >= 4 is 44.8 Å². The molecule has 1 aliphatic heterocycles. The lowest BCUT2D eigenvalue weighted by Crippen LogP contribution is -2.38. The molecule has 3 N–H and O–H groups in total. The number of hydrogen-bond acceptors (Lipinski definition) is 4. The van der Waals surface area contributed by atoms with E-state index in [9.17, 15) is 13.2 Å². The smallest absolute Gasteiger partial charge is 0.238 e. The third kappa shape index (κ3) is 5.06. The number of primary sulfonamides is 1. The fourth-order valence-corrected chi connectivity index (χ4v) is 3.71. The number of carbonyl (C=O) groups excluding carboxylic acids is 1. The molecule has 0 bridgehead atoms. The Morgan fingerprint density at radius 3 is 2.30 bits per heavy atom. The summed E-state index contributed by atoms with van der Waals surface area (Å²) in [5.41, 5.74) is 0.191. The van der Waals surface area contributed by atoms with E-state index in [1.54, 1.807) is 0 Å². The van der Waals surface area contributed by atoms with Gasteiger partial charge >= 0.3 is 0 Å². The van der Waals surface area contributed by atoms with Gasteiger partial charge in [0, 0.05) is 0 Å². The van der Waals surface area contributed by atoms with Crippen LogP contribution in [0.25, 0.3) is 0 Å². The molecule has 1 aromatic carbocycles. The molecule has 1 saturated heterocycles. The van der Waals surface area contributed by atoms with Crippen LogP contribution in [0.5, 0.6) is 0 Å². The lowest BCUT2D eigenvalue weighted by atomic mass is 9.99. The number of nitrogens with two attached hydrogens (primary N) is 1. The van der Waals surface area contributed by atoms with Gasteiger partial charge in [-0.05, 0) is 44.0 Å². The summed E-state index contributed by atoms with van der Waals surface area (Å²) in [7, 11) is -3.91. The Kier molecular flexibility index (Phi) is 5.91. The summed E-state index contributed by atoms with van der Waals surface area (Å²) in [6.07, 6.45) is 2.13. The molecular weight excluding hydrogens is 361 g/mol. The third-order valence-electron chi connectivity index (χ3n) is 3.85. The van der Waals surface area contributed by atoms with Crippen LogP contribution >= 0.6 is 23.2 Å². The van der Waals surface area contributed by atoms with E-state index in [1.165, 1.54) is 12.1 Å². The molecule has 2 rings (SSSR count). The van der Waals surface area contributed by atoms with E-state index >= 15 is 0 Å². The average molecular weight is 380 g/mol. The summed E-state index contributed by atoms with van der Waals surface area (Å²) in [5, 5.41) is 7.74. The first-order valence-corrected chi connectivity index (χ1v) is 9.51. The third-order valence-corrected chi connectivity index (χ3v) is 5.34. The normalized spacial score (nSPS) is 17.2. The second-order valence-electron chi connectivity index (χ2n) is 5.81. The van der Waals surface area contributed by atoms with Gasteiger partial charge in [0.25, 0.3) is 0 Å². The number of nitrogens with one attached hydrogen (secondary N) is 1. The molecular formula is C14H19Cl2N3O3S. The van der Waals surface area contributed by atoms with Crippen LogP contribution in [-0.2, 0) is 14.8 Å². The number of rotatable bonds is 4. The van der Waals surface area contributed by atoms with Gasteiger partial charge < -0.3 is 5.32 Å². The molecule has 0 spiro atoms. The molecule has 6 nitrogen and oxygen atoms in total. The lowest BCUT2D eigenvalue weighted by molar-refractivity contribution is -0.117. The van der Waals surface area contributed by atoms with E-state index in [2.05, 4.69) is 17.1 Å². The predicted molar refractivity (Wildman–Crippen MR) is 91.3 cm³/mol. The Bertz CT molecular complexity index is 678. The molecule has 1 aliphatic rings. The largest absolute Gasteiger partial charge is 0.322 e. The average Bonchev–Trinajstić information content (AvgIpc) is 2.44. The van der Waals surface area contributed by atoms with Crippen molar-refractivity contribution in [1.82, 2.24) is 4.90 Å². The number of halogens is 2. The number of sulfonamides is 1. The number of likely N-dealkylation sites (tertiary alicyclic amines) is 1. The van der Waals surface area contributed by atoms with Crippen molar-refractivity contribution in [2.75, 3.05) is 25.0 Å². The van der Waals surface area contributed by atoms with Gasteiger partial charge in [0.05, 0.1) is 27.2 Å². The molecule has 23 heavy (non-hydrogen) atoms. The molecule has 1 fully saturated rings. The summed E-state index contributed by atoms with van der Waals surface area (Å²) in [6.45, 7) is 4.20. The Balaban J connectivity index is 2.06. The van der Waals surface area contributed by atoms with E-state index in [4.69, 9.17) is 28.3 Å². The molecule has 1 heterocycles. The molecule has 0 aliphatic carbocycles. The zero-order valence-electron chi connectivity index (χ0n) is 12.7. The summed E-state index contributed by atoms with van der Waals surface area (Å²) in [5.74, 6) is 0.440. The van der Waals surface area contributed by atoms with Crippen molar-refractivity contribution in [3.8, 4) is 0 Å². The number of nitrogens with zero attached hydrogens (tertiary/aromatic N) is 1. The van der Waals surface area contributed by atoms with Gasteiger partial charge in [-0.25, -0.2) is 13.6 Å². The lowest BCUT2D eigenvalue weighted by Gasteiger charge is -2.29. The van der Waals surface area contributed by atoms with Gasteiger partial charge in [0.1, 0.15) is 0 Å².